The van der Waals surface area contributed by atoms with Crippen LogP contribution in [0.3, 0.4) is 0 Å². The number of carbonyl (C=O) groups is 2. The molecule has 0 spiro atoms. The highest BCUT2D eigenvalue weighted by Crippen LogP contribution is 2.16. The van der Waals surface area contributed by atoms with Gasteiger partial charge in [-0.25, -0.2) is 9.07 Å². The zero-order chi connectivity index (χ0) is 17.5. The van der Waals surface area contributed by atoms with E-state index in [1.54, 1.807) is 16.8 Å². The van der Waals surface area contributed by atoms with Crippen molar-refractivity contribution >= 4 is 11.9 Å². The van der Waals surface area contributed by atoms with Crippen molar-refractivity contribution in [1.29, 1.82) is 0 Å². The van der Waals surface area contributed by atoms with E-state index in [0.29, 0.717) is 37.1 Å². The van der Waals surface area contributed by atoms with Gasteiger partial charge in [-0.1, -0.05) is 6.92 Å². The molecule has 0 aliphatic rings. The molecule has 0 aliphatic carbocycles. The number of unbranched alkanes of at least 4 members (excludes halogenated alkanes) is 1. The van der Waals surface area contributed by atoms with Gasteiger partial charge in [0.1, 0.15) is 5.82 Å². The Morgan fingerprint density at radius 1 is 1.25 bits per heavy atom. The van der Waals surface area contributed by atoms with Gasteiger partial charge in [-0.3, -0.25) is 9.59 Å². The van der Waals surface area contributed by atoms with Crippen molar-refractivity contribution in [2.45, 2.75) is 32.6 Å². The summed E-state index contributed by atoms with van der Waals surface area (Å²) in [5.74, 6) is -1.41. The summed E-state index contributed by atoms with van der Waals surface area (Å²) in [5.41, 5.74) is 1.90. The fraction of sp³-hybridized carbons (Fsp3) is 0.353. The van der Waals surface area contributed by atoms with E-state index in [2.05, 4.69) is 10.4 Å². The number of amides is 1. The molecule has 1 aromatic heterocycles. The average Bonchev–Trinajstić information content (AvgIpc) is 2.98. The number of rotatable bonds is 8. The minimum absolute atomic E-state index is 0.0958. The van der Waals surface area contributed by atoms with E-state index in [-0.39, 0.29) is 18.1 Å². The van der Waals surface area contributed by atoms with Crippen LogP contribution in [-0.2, 0) is 11.2 Å². The predicted molar refractivity (Wildman–Crippen MR) is 86.7 cm³/mol. The van der Waals surface area contributed by atoms with Crippen molar-refractivity contribution in [3.63, 3.8) is 0 Å². The molecule has 1 amide bonds. The van der Waals surface area contributed by atoms with E-state index in [4.69, 9.17) is 5.11 Å². The van der Waals surface area contributed by atoms with Gasteiger partial charge >= 0.3 is 5.97 Å². The van der Waals surface area contributed by atoms with Crippen molar-refractivity contribution < 1.29 is 19.1 Å². The summed E-state index contributed by atoms with van der Waals surface area (Å²) in [6.07, 6.45) is 3.31. The van der Waals surface area contributed by atoms with Gasteiger partial charge in [0.05, 0.1) is 23.1 Å². The van der Waals surface area contributed by atoms with Crippen molar-refractivity contribution in [3.05, 3.63) is 47.5 Å². The standard InChI is InChI=1S/C17H20FN3O3/c1-2-15-14(17(24)19-10-4-3-5-16(22)23)11-20-21(15)13-8-6-12(18)7-9-13/h6-9,11H,2-5,10H2,1H3,(H,19,24)(H,22,23). The first kappa shape index (κ1) is 17.7. The van der Waals surface area contributed by atoms with Gasteiger partial charge in [-0.05, 0) is 43.5 Å². The van der Waals surface area contributed by atoms with Gasteiger partial charge in [0, 0.05) is 13.0 Å². The quantitative estimate of drug-likeness (QED) is 0.727. The number of hydrogen-bond acceptors (Lipinski definition) is 3. The molecule has 1 heterocycles. The van der Waals surface area contributed by atoms with E-state index >= 15 is 0 Å². The maximum Gasteiger partial charge on any atom is 0.303 e. The van der Waals surface area contributed by atoms with Crippen LogP contribution in [0, 0.1) is 5.82 Å². The summed E-state index contributed by atoms with van der Waals surface area (Å²) in [6.45, 7) is 2.33. The van der Waals surface area contributed by atoms with Crippen LogP contribution in [0.1, 0.15) is 42.2 Å². The molecule has 2 aromatic rings. The number of aromatic nitrogens is 2. The highest BCUT2D eigenvalue weighted by molar-refractivity contribution is 5.95. The first-order chi connectivity index (χ1) is 11.5. The number of carboxylic acid groups (broad SMARTS) is 1. The molecular formula is C17H20FN3O3. The Kier molecular flexibility index (Phi) is 6.06. The third-order valence-corrected chi connectivity index (χ3v) is 3.62. The molecule has 0 bridgehead atoms. The molecule has 128 valence electrons. The highest BCUT2D eigenvalue weighted by Gasteiger charge is 2.16. The summed E-state index contributed by atoms with van der Waals surface area (Å²) in [5, 5.41) is 15.6. The van der Waals surface area contributed by atoms with Crippen molar-refractivity contribution in [1.82, 2.24) is 15.1 Å². The lowest BCUT2D eigenvalue weighted by Crippen LogP contribution is -2.25. The number of aliphatic carboxylic acids is 1. The van der Waals surface area contributed by atoms with Crippen molar-refractivity contribution in [2.75, 3.05) is 6.54 Å². The Hall–Kier alpha value is -2.70. The molecule has 2 rings (SSSR count). The second kappa shape index (κ2) is 8.24. The fourth-order valence-corrected chi connectivity index (χ4v) is 2.41. The summed E-state index contributed by atoms with van der Waals surface area (Å²) in [6, 6.07) is 5.90. The topological polar surface area (TPSA) is 84.2 Å². The summed E-state index contributed by atoms with van der Waals surface area (Å²) in [7, 11) is 0. The Morgan fingerprint density at radius 2 is 1.96 bits per heavy atom. The van der Waals surface area contributed by atoms with Crippen LogP contribution < -0.4 is 5.32 Å². The molecule has 0 unspecified atom stereocenters. The predicted octanol–water partition coefficient (Wildman–Crippen LogP) is 2.56. The minimum Gasteiger partial charge on any atom is -0.481 e. The Balaban J connectivity index is 2.04. The fourth-order valence-electron chi connectivity index (χ4n) is 2.41. The van der Waals surface area contributed by atoms with Crippen LogP contribution in [0.15, 0.2) is 30.5 Å². The normalized spacial score (nSPS) is 10.6. The highest BCUT2D eigenvalue weighted by atomic mass is 19.1. The van der Waals surface area contributed by atoms with Crippen LogP contribution in [0.5, 0.6) is 0 Å². The summed E-state index contributed by atoms with van der Waals surface area (Å²) < 4.78 is 14.7. The molecule has 0 aliphatic heterocycles. The van der Waals surface area contributed by atoms with Gasteiger partial charge in [-0.15, -0.1) is 0 Å². The van der Waals surface area contributed by atoms with Gasteiger partial charge < -0.3 is 10.4 Å². The lowest BCUT2D eigenvalue weighted by molar-refractivity contribution is -0.137. The number of halogens is 1. The second-order valence-electron chi connectivity index (χ2n) is 5.35. The zero-order valence-corrected chi connectivity index (χ0v) is 13.5. The third kappa shape index (κ3) is 4.41. The van der Waals surface area contributed by atoms with E-state index in [1.807, 2.05) is 6.92 Å². The van der Waals surface area contributed by atoms with Gasteiger partial charge in [-0.2, -0.15) is 5.10 Å². The molecule has 0 saturated carbocycles. The number of carbonyl (C=O) groups excluding carboxylic acids is 1. The maximum atomic E-state index is 13.0. The largest absolute Gasteiger partial charge is 0.481 e. The van der Waals surface area contributed by atoms with Crippen LogP contribution in [0.4, 0.5) is 4.39 Å². The van der Waals surface area contributed by atoms with Crippen LogP contribution >= 0.6 is 0 Å². The van der Waals surface area contributed by atoms with E-state index in [0.717, 1.165) is 5.69 Å². The number of nitrogens with one attached hydrogen (secondary N) is 1. The molecular weight excluding hydrogens is 313 g/mol. The van der Waals surface area contributed by atoms with Crippen LogP contribution in [-0.4, -0.2) is 33.3 Å². The molecule has 1 aromatic carbocycles. The van der Waals surface area contributed by atoms with Gasteiger partial charge in [0.2, 0.25) is 0 Å². The smallest absolute Gasteiger partial charge is 0.303 e. The molecule has 2 N–H and O–H groups in total. The number of hydrogen-bond donors (Lipinski definition) is 2. The summed E-state index contributed by atoms with van der Waals surface area (Å²) in [4.78, 5) is 22.7. The molecule has 7 heteroatoms. The SMILES string of the molecule is CCc1c(C(=O)NCCCCC(=O)O)cnn1-c1ccc(F)cc1. The maximum absolute atomic E-state index is 13.0. The van der Waals surface area contributed by atoms with Gasteiger partial charge in [0.15, 0.2) is 0 Å². The molecule has 0 atom stereocenters. The van der Waals surface area contributed by atoms with E-state index in [9.17, 15) is 14.0 Å². The molecule has 0 fully saturated rings. The number of nitrogens with zero attached hydrogens (tertiary/aromatic N) is 2. The second-order valence-corrected chi connectivity index (χ2v) is 5.35. The Labute approximate surface area is 139 Å². The lowest BCUT2D eigenvalue weighted by Gasteiger charge is -2.08. The number of carboxylic acids is 1. The molecule has 24 heavy (non-hydrogen) atoms. The Bertz CT molecular complexity index is 710. The van der Waals surface area contributed by atoms with Crippen LogP contribution in [0.2, 0.25) is 0 Å². The van der Waals surface area contributed by atoms with Crippen molar-refractivity contribution in [2.24, 2.45) is 0 Å². The minimum atomic E-state index is -0.838. The molecule has 0 saturated heterocycles. The number of benzene rings is 1. The summed E-state index contributed by atoms with van der Waals surface area (Å²) >= 11 is 0. The van der Waals surface area contributed by atoms with Gasteiger partial charge in [0.25, 0.3) is 5.91 Å². The average molecular weight is 333 g/mol. The zero-order valence-electron chi connectivity index (χ0n) is 13.5. The Morgan fingerprint density at radius 3 is 2.58 bits per heavy atom. The third-order valence-electron chi connectivity index (χ3n) is 3.62. The van der Waals surface area contributed by atoms with E-state index < -0.39 is 5.97 Å². The van der Waals surface area contributed by atoms with Crippen LogP contribution in [0.25, 0.3) is 5.69 Å². The lowest BCUT2D eigenvalue weighted by atomic mass is 10.1. The molecule has 0 radical (unpaired) electrons. The van der Waals surface area contributed by atoms with Crippen molar-refractivity contribution in [3.8, 4) is 5.69 Å². The first-order valence-electron chi connectivity index (χ1n) is 7.85. The monoisotopic (exact) mass is 333 g/mol. The molecule has 6 nitrogen and oxygen atoms in total. The first-order valence-corrected chi connectivity index (χ1v) is 7.85. The van der Waals surface area contributed by atoms with E-state index in [1.165, 1.54) is 18.3 Å².